The van der Waals surface area contributed by atoms with Crippen molar-refractivity contribution in [1.29, 1.82) is 0 Å². The fourth-order valence-corrected chi connectivity index (χ4v) is 4.77. The van der Waals surface area contributed by atoms with Crippen molar-refractivity contribution in [2.45, 2.75) is 18.2 Å². The lowest BCUT2D eigenvalue weighted by Crippen LogP contribution is -2.44. The van der Waals surface area contributed by atoms with Gasteiger partial charge in [0.05, 0.1) is 33.6 Å². The number of aliphatic imine (C=N–C) groups is 1. The minimum Gasteiger partial charge on any atom is -0.497 e. The van der Waals surface area contributed by atoms with Gasteiger partial charge in [-0.2, -0.15) is 0 Å². The Morgan fingerprint density at radius 2 is 1.69 bits per heavy atom. The number of nitrogens with zero attached hydrogens (tertiary/aromatic N) is 2. The van der Waals surface area contributed by atoms with Gasteiger partial charge in [-0.15, -0.1) is 0 Å². The number of anilines is 1. The zero-order valence-electron chi connectivity index (χ0n) is 20.3. The highest BCUT2D eigenvalue weighted by atomic mass is 32.2. The fraction of sp³-hybridized carbons (Fsp3) is 0.222. The van der Waals surface area contributed by atoms with E-state index in [4.69, 9.17) is 19.2 Å². The van der Waals surface area contributed by atoms with Crippen LogP contribution in [0, 0.1) is 0 Å². The van der Waals surface area contributed by atoms with Crippen molar-refractivity contribution >= 4 is 40.1 Å². The lowest BCUT2D eigenvalue weighted by Gasteiger charge is -2.32. The number of methoxy groups -OCH3 is 3. The summed E-state index contributed by atoms with van der Waals surface area (Å²) in [4.78, 5) is 32.7. The number of para-hydroxylation sites is 1. The number of amides is 2. The molecule has 1 heterocycles. The van der Waals surface area contributed by atoms with Crippen molar-refractivity contribution in [3.8, 4) is 17.2 Å². The number of rotatable bonds is 8. The molecule has 0 radical (unpaired) electrons. The van der Waals surface area contributed by atoms with E-state index in [0.29, 0.717) is 33.8 Å². The zero-order chi connectivity index (χ0) is 25.5. The Hall–Kier alpha value is -3.98. The molecule has 1 aliphatic heterocycles. The van der Waals surface area contributed by atoms with Crippen LogP contribution in [-0.4, -0.2) is 48.5 Å². The highest BCUT2D eigenvalue weighted by molar-refractivity contribution is 8.15. The van der Waals surface area contributed by atoms with Gasteiger partial charge < -0.3 is 19.5 Å². The molecule has 1 unspecified atom stereocenters. The average Bonchev–Trinajstić information content (AvgIpc) is 2.91. The van der Waals surface area contributed by atoms with Crippen LogP contribution in [0.3, 0.4) is 0 Å². The standard InChI is InChI=1S/C27H27N3O5S/c1-33-21-12-10-20(11-13-21)28-26(32)24-16-25(31)30(27(36-24)29-19-7-5-4-6-8-19)17-18-9-14-22(34-2)23(15-18)35-3/h4-15,24H,16-17H2,1-3H3,(H,28,32). The monoisotopic (exact) mass is 505 g/mol. The van der Waals surface area contributed by atoms with Crippen molar-refractivity contribution in [3.63, 3.8) is 0 Å². The fourth-order valence-electron chi connectivity index (χ4n) is 3.67. The molecule has 1 aliphatic rings. The first-order valence-electron chi connectivity index (χ1n) is 11.3. The second-order valence-corrected chi connectivity index (χ2v) is 9.10. The third-order valence-electron chi connectivity index (χ3n) is 5.56. The van der Waals surface area contributed by atoms with Crippen molar-refractivity contribution in [2.75, 3.05) is 26.6 Å². The van der Waals surface area contributed by atoms with Gasteiger partial charge in [0.1, 0.15) is 11.0 Å². The Labute approximate surface area is 214 Å². The van der Waals surface area contributed by atoms with E-state index >= 15 is 0 Å². The van der Waals surface area contributed by atoms with E-state index in [2.05, 4.69) is 5.32 Å². The molecule has 4 rings (SSSR count). The van der Waals surface area contributed by atoms with Gasteiger partial charge in [-0.3, -0.25) is 14.5 Å². The van der Waals surface area contributed by atoms with Crippen LogP contribution in [0.1, 0.15) is 12.0 Å². The molecule has 0 saturated carbocycles. The average molecular weight is 506 g/mol. The van der Waals surface area contributed by atoms with Gasteiger partial charge >= 0.3 is 0 Å². The molecule has 1 fully saturated rings. The molecule has 8 nitrogen and oxygen atoms in total. The summed E-state index contributed by atoms with van der Waals surface area (Å²) in [5, 5.41) is 2.73. The van der Waals surface area contributed by atoms with E-state index in [-0.39, 0.29) is 24.8 Å². The number of carbonyl (C=O) groups is 2. The number of hydrogen-bond donors (Lipinski definition) is 1. The summed E-state index contributed by atoms with van der Waals surface area (Å²) in [5.74, 6) is 1.43. The number of thioether (sulfide) groups is 1. The first-order valence-corrected chi connectivity index (χ1v) is 12.1. The van der Waals surface area contributed by atoms with Crippen LogP contribution < -0.4 is 19.5 Å². The van der Waals surface area contributed by atoms with Gasteiger partial charge in [-0.1, -0.05) is 36.0 Å². The molecule has 0 aliphatic carbocycles. The first-order chi connectivity index (χ1) is 17.5. The quantitative estimate of drug-likeness (QED) is 0.470. The topological polar surface area (TPSA) is 89.5 Å². The van der Waals surface area contributed by atoms with Gasteiger partial charge in [0, 0.05) is 12.1 Å². The van der Waals surface area contributed by atoms with E-state index in [0.717, 1.165) is 5.56 Å². The van der Waals surface area contributed by atoms with Crippen LogP contribution in [0.2, 0.25) is 0 Å². The smallest absolute Gasteiger partial charge is 0.238 e. The molecular formula is C27H27N3O5S. The molecule has 1 atom stereocenters. The van der Waals surface area contributed by atoms with Crippen molar-refractivity contribution in [1.82, 2.24) is 4.90 Å². The Kier molecular flexibility index (Phi) is 8.12. The second kappa shape index (κ2) is 11.6. The number of nitrogens with one attached hydrogen (secondary N) is 1. The molecule has 1 N–H and O–H groups in total. The maximum absolute atomic E-state index is 13.3. The summed E-state index contributed by atoms with van der Waals surface area (Å²) >= 11 is 1.27. The van der Waals surface area contributed by atoms with Crippen molar-refractivity contribution < 1.29 is 23.8 Å². The molecule has 1 saturated heterocycles. The number of hydrogen-bond acceptors (Lipinski definition) is 7. The predicted molar refractivity (Wildman–Crippen MR) is 141 cm³/mol. The summed E-state index contributed by atoms with van der Waals surface area (Å²) < 4.78 is 15.9. The van der Waals surface area contributed by atoms with Gasteiger partial charge in [0.15, 0.2) is 16.7 Å². The minimum absolute atomic E-state index is 0.0494. The Balaban J connectivity index is 1.58. The maximum atomic E-state index is 13.3. The van der Waals surface area contributed by atoms with E-state index in [9.17, 15) is 9.59 Å². The molecule has 9 heteroatoms. The summed E-state index contributed by atoms with van der Waals surface area (Å²) in [5.41, 5.74) is 2.17. The molecule has 0 aromatic heterocycles. The summed E-state index contributed by atoms with van der Waals surface area (Å²) in [6.07, 6.45) is 0.0494. The van der Waals surface area contributed by atoms with Gasteiger partial charge in [-0.25, -0.2) is 4.99 Å². The summed E-state index contributed by atoms with van der Waals surface area (Å²) in [7, 11) is 4.72. The molecule has 2 amide bonds. The first kappa shape index (κ1) is 25.1. The van der Waals surface area contributed by atoms with Crippen LogP contribution >= 0.6 is 11.8 Å². The van der Waals surface area contributed by atoms with E-state index in [1.165, 1.54) is 11.8 Å². The zero-order valence-corrected chi connectivity index (χ0v) is 21.1. The van der Waals surface area contributed by atoms with Crippen LogP contribution in [0.15, 0.2) is 77.8 Å². The molecule has 3 aromatic carbocycles. The van der Waals surface area contributed by atoms with E-state index in [1.807, 2.05) is 42.5 Å². The number of amidine groups is 1. The third kappa shape index (κ3) is 5.98. The normalized spacial score (nSPS) is 16.5. The Morgan fingerprint density at radius 1 is 0.972 bits per heavy atom. The molecule has 0 bridgehead atoms. The van der Waals surface area contributed by atoms with Gasteiger partial charge in [0.25, 0.3) is 0 Å². The molecule has 3 aromatic rings. The third-order valence-corrected chi connectivity index (χ3v) is 6.75. The molecule has 36 heavy (non-hydrogen) atoms. The van der Waals surface area contributed by atoms with Crippen molar-refractivity contribution in [3.05, 3.63) is 78.4 Å². The van der Waals surface area contributed by atoms with Gasteiger partial charge in [-0.05, 0) is 54.1 Å². The predicted octanol–water partition coefficient (Wildman–Crippen LogP) is 4.87. The SMILES string of the molecule is COc1ccc(NC(=O)C2CC(=O)N(Cc3ccc(OC)c(OC)c3)C(=Nc3ccccc3)S2)cc1. The van der Waals surface area contributed by atoms with Crippen LogP contribution in [0.4, 0.5) is 11.4 Å². The lowest BCUT2D eigenvalue weighted by molar-refractivity contribution is -0.129. The molecular weight excluding hydrogens is 478 g/mol. The van der Waals surface area contributed by atoms with Crippen LogP contribution in [0.25, 0.3) is 0 Å². The number of ether oxygens (including phenoxy) is 3. The molecule has 186 valence electrons. The largest absolute Gasteiger partial charge is 0.497 e. The van der Waals surface area contributed by atoms with Crippen LogP contribution in [0.5, 0.6) is 17.2 Å². The minimum atomic E-state index is -0.622. The number of carbonyl (C=O) groups excluding carboxylic acids is 2. The summed E-state index contributed by atoms with van der Waals surface area (Å²) in [6, 6.07) is 21.9. The highest BCUT2D eigenvalue weighted by Gasteiger charge is 2.36. The number of benzene rings is 3. The summed E-state index contributed by atoms with van der Waals surface area (Å²) in [6.45, 7) is 0.282. The van der Waals surface area contributed by atoms with Crippen molar-refractivity contribution in [2.24, 2.45) is 4.99 Å². The highest BCUT2D eigenvalue weighted by Crippen LogP contribution is 2.33. The molecule has 0 spiro atoms. The van der Waals surface area contributed by atoms with E-state index < -0.39 is 5.25 Å². The van der Waals surface area contributed by atoms with E-state index in [1.54, 1.807) is 56.6 Å². The maximum Gasteiger partial charge on any atom is 0.238 e. The Morgan fingerprint density at radius 3 is 2.36 bits per heavy atom. The lowest BCUT2D eigenvalue weighted by atomic mass is 10.1. The Bertz CT molecular complexity index is 1250. The second-order valence-electron chi connectivity index (χ2n) is 7.93. The van der Waals surface area contributed by atoms with Crippen LogP contribution in [-0.2, 0) is 16.1 Å². The van der Waals surface area contributed by atoms with Gasteiger partial charge in [0.2, 0.25) is 11.8 Å².